The normalized spacial score (nSPS) is 10.1. The van der Waals surface area contributed by atoms with Crippen LogP contribution in [-0.4, -0.2) is 19.6 Å². The first-order valence-electron chi connectivity index (χ1n) is 8.67. The van der Waals surface area contributed by atoms with Crippen LogP contribution in [0.25, 0.3) is 0 Å². The molecule has 0 atom stereocenters. The number of amides is 1. The van der Waals surface area contributed by atoms with E-state index in [1.807, 2.05) is 54.6 Å². The smallest absolute Gasteiger partial charge is 0.243 e. The second-order valence-corrected chi connectivity index (χ2v) is 5.93. The molecule has 0 radical (unpaired) electrons. The van der Waals surface area contributed by atoms with Crippen molar-refractivity contribution in [3.8, 4) is 11.5 Å². The number of carbonyl (C=O) groups is 1. The molecule has 0 aliphatic heterocycles. The maximum atomic E-state index is 12.0. The third-order valence-electron chi connectivity index (χ3n) is 3.93. The van der Waals surface area contributed by atoms with Crippen molar-refractivity contribution in [3.05, 3.63) is 84.4 Å². The fourth-order valence-corrected chi connectivity index (χ4v) is 2.47. The van der Waals surface area contributed by atoms with E-state index in [0.717, 1.165) is 28.4 Å². The highest BCUT2D eigenvalue weighted by molar-refractivity contribution is 5.93. The quantitative estimate of drug-likeness (QED) is 0.626. The van der Waals surface area contributed by atoms with Crippen molar-refractivity contribution < 1.29 is 14.3 Å². The van der Waals surface area contributed by atoms with E-state index >= 15 is 0 Å². The molecule has 0 heterocycles. The Morgan fingerprint density at radius 3 is 2.11 bits per heavy atom. The number of methoxy groups -OCH3 is 1. The van der Waals surface area contributed by atoms with Crippen LogP contribution in [0.3, 0.4) is 0 Å². The first-order valence-corrected chi connectivity index (χ1v) is 8.67. The molecular formula is C22H22N2O3. The number of benzene rings is 3. The Bertz CT molecular complexity index is 847. The van der Waals surface area contributed by atoms with Gasteiger partial charge >= 0.3 is 0 Å². The van der Waals surface area contributed by atoms with Crippen LogP contribution in [0.15, 0.2) is 78.9 Å². The molecule has 0 saturated carbocycles. The Morgan fingerprint density at radius 1 is 0.815 bits per heavy atom. The summed E-state index contributed by atoms with van der Waals surface area (Å²) in [6, 6.07) is 24.8. The van der Waals surface area contributed by atoms with Gasteiger partial charge in [-0.25, -0.2) is 0 Å². The molecule has 138 valence electrons. The molecule has 5 heteroatoms. The number of carbonyl (C=O) groups excluding carboxylic acids is 1. The van der Waals surface area contributed by atoms with Gasteiger partial charge in [0.15, 0.2) is 0 Å². The van der Waals surface area contributed by atoms with Gasteiger partial charge in [0.2, 0.25) is 5.91 Å². The predicted molar refractivity (Wildman–Crippen MR) is 107 cm³/mol. The van der Waals surface area contributed by atoms with Gasteiger partial charge < -0.3 is 20.1 Å². The van der Waals surface area contributed by atoms with Crippen molar-refractivity contribution in [2.24, 2.45) is 0 Å². The van der Waals surface area contributed by atoms with Crippen molar-refractivity contribution >= 4 is 17.3 Å². The summed E-state index contributed by atoms with van der Waals surface area (Å²) in [5, 5.41) is 5.93. The fraction of sp³-hybridized carbons (Fsp3) is 0.136. The molecule has 0 unspecified atom stereocenters. The molecule has 0 spiro atoms. The Balaban J connectivity index is 1.44. The molecule has 0 saturated heterocycles. The Hall–Kier alpha value is -3.47. The molecule has 0 bridgehead atoms. The summed E-state index contributed by atoms with van der Waals surface area (Å²) < 4.78 is 10.8. The predicted octanol–water partition coefficient (Wildman–Crippen LogP) is 4.32. The lowest BCUT2D eigenvalue weighted by Crippen LogP contribution is -2.21. The highest BCUT2D eigenvalue weighted by atomic mass is 16.5. The second kappa shape index (κ2) is 9.29. The fourth-order valence-electron chi connectivity index (χ4n) is 2.47. The average Bonchev–Trinajstić information content (AvgIpc) is 2.73. The van der Waals surface area contributed by atoms with E-state index < -0.39 is 0 Å². The van der Waals surface area contributed by atoms with Crippen molar-refractivity contribution in [3.63, 3.8) is 0 Å². The van der Waals surface area contributed by atoms with Gasteiger partial charge in [-0.15, -0.1) is 0 Å². The summed E-state index contributed by atoms with van der Waals surface area (Å²) in [5.41, 5.74) is 2.70. The summed E-state index contributed by atoms with van der Waals surface area (Å²) in [5.74, 6) is 1.41. The van der Waals surface area contributed by atoms with Gasteiger partial charge in [-0.05, 0) is 54.1 Å². The molecule has 27 heavy (non-hydrogen) atoms. The lowest BCUT2D eigenvalue weighted by molar-refractivity contribution is -0.114. The third kappa shape index (κ3) is 5.78. The third-order valence-corrected chi connectivity index (χ3v) is 3.93. The van der Waals surface area contributed by atoms with Crippen molar-refractivity contribution in [1.29, 1.82) is 0 Å². The number of ether oxygens (including phenoxy) is 2. The van der Waals surface area contributed by atoms with Crippen LogP contribution in [-0.2, 0) is 11.4 Å². The number of anilines is 2. The van der Waals surface area contributed by atoms with E-state index in [9.17, 15) is 4.79 Å². The zero-order valence-electron chi connectivity index (χ0n) is 15.1. The van der Waals surface area contributed by atoms with Crippen LogP contribution < -0.4 is 20.1 Å². The number of rotatable bonds is 8. The Labute approximate surface area is 158 Å². The number of nitrogens with one attached hydrogen (secondary N) is 2. The van der Waals surface area contributed by atoms with Crippen LogP contribution in [0.1, 0.15) is 5.56 Å². The summed E-state index contributed by atoms with van der Waals surface area (Å²) in [6.45, 7) is 0.703. The van der Waals surface area contributed by atoms with E-state index in [2.05, 4.69) is 10.6 Å². The minimum atomic E-state index is -0.121. The van der Waals surface area contributed by atoms with E-state index in [4.69, 9.17) is 9.47 Å². The first-order chi connectivity index (χ1) is 13.2. The van der Waals surface area contributed by atoms with E-state index in [-0.39, 0.29) is 12.5 Å². The molecule has 0 aromatic heterocycles. The van der Waals surface area contributed by atoms with E-state index in [1.165, 1.54) is 0 Å². The van der Waals surface area contributed by atoms with Gasteiger partial charge in [-0.1, -0.05) is 30.3 Å². The molecular weight excluding hydrogens is 340 g/mol. The zero-order chi connectivity index (χ0) is 18.9. The van der Waals surface area contributed by atoms with Crippen LogP contribution in [0.5, 0.6) is 11.5 Å². The molecule has 0 aliphatic carbocycles. The van der Waals surface area contributed by atoms with Gasteiger partial charge in [0.05, 0.1) is 13.7 Å². The summed E-state index contributed by atoms with van der Waals surface area (Å²) in [7, 11) is 1.61. The van der Waals surface area contributed by atoms with Crippen molar-refractivity contribution in [2.45, 2.75) is 6.61 Å². The molecule has 1 amide bonds. The van der Waals surface area contributed by atoms with Gasteiger partial charge in [0.25, 0.3) is 0 Å². The SMILES string of the molecule is COc1ccc(NC(=O)CNc2ccc(OCc3ccccc3)cc2)cc1. The lowest BCUT2D eigenvalue weighted by Gasteiger charge is -2.10. The minimum Gasteiger partial charge on any atom is -0.497 e. The zero-order valence-corrected chi connectivity index (χ0v) is 15.1. The van der Waals surface area contributed by atoms with E-state index in [1.54, 1.807) is 31.4 Å². The first kappa shape index (κ1) is 18.3. The molecule has 3 aromatic carbocycles. The van der Waals surface area contributed by atoms with Crippen LogP contribution in [0.4, 0.5) is 11.4 Å². The second-order valence-electron chi connectivity index (χ2n) is 5.93. The monoisotopic (exact) mass is 362 g/mol. The van der Waals surface area contributed by atoms with Crippen LogP contribution in [0, 0.1) is 0 Å². The van der Waals surface area contributed by atoms with E-state index in [0.29, 0.717) is 6.61 Å². The van der Waals surface area contributed by atoms with Crippen molar-refractivity contribution in [1.82, 2.24) is 0 Å². The molecule has 5 nitrogen and oxygen atoms in total. The summed E-state index contributed by atoms with van der Waals surface area (Å²) >= 11 is 0. The minimum absolute atomic E-state index is 0.121. The molecule has 0 aliphatic rings. The van der Waals surface area contributed by atoms with Gasteiger partial charge in [0.1, 0.15) is 18.1 Å². The average molecular weight is 362 g/mol. The largest absolute Gasteiger partial charge is 0.497 e. The Kier molecular flexibility index (Phi) is 6.30. The molecule has 3 rings (SSSR count). The standard InChI is InChI=1S/C22H22N2O3/c1-26-20-11-9-19(10-12-20)24-22(25)15-23-18-7-13-21(14-8-18)27-16-17-5-3-2-4-6-17/h2-14,23H,15-16H2,1H3,(H,24,25). The van der Waals surface area contributed by atoms with Gasteiger partial charge in [-0.3, -0.25) is 4.79 Å². The highest BCUT2D eigenvalue weighted by Gasteiger charge is 2.03. The molecule has 2 N–H and O–H groups in total. The topological polar surface area (TPSA) is 59.6 Å². The number of hydrogen-bond acceptors (Lipinski definition) is 4. The molecule has 0 fully saturated rings. The Morgan fingerprint density at radius 2 is 1.44 bits per heavy atom. The molecule has 3 aromatic rings. The summed E-state index contributed by atoms with van der Waals surface area (Å²) in [4.78, 5) is 12.0. The highest BCUT2D eigenvalue weighted by Crippen LogP contribution is 2.17. The maximum absolute atomic E-state index is 12.0. The van der Waals surface area contributed by atoms with Crippen LogP contribution in [0.2, 0.25) is 0 Å². The van der Waals surface area contributed by atoms with Gasteiger partial charge in [-0.2, -0.15) is 0 Å². The van der Waals surface area contributed by atoms with Gasteiger partial charge in [0, 0.05) is 11.4 Å². The maximum Gasteiger partial charge on any atom is 0.243 e. The summed E-state index contributed by atoms with van der Waals surface area (Å²) in [6.07, 6.45) is 0. The lowest BCUT2D eigenvalue weighted by atomic mass is 10.2. The number of hydrogen-bond donors (Lipinski definition) is 2. The van der Waals surface area contributed by atoms with Crippen molar-refractivity contribution in [2.75, 3.05) is 24.3 Å². The van der Waals surface area contributed by atoms with Crippen LogP contribution >= 0.6 is 0 Å².